The number of benzene rings is 1. The van der Waals surface area contributed by atoms with Gasteiger partial charge in [-0.05, 0) is 25.5 Å². The van der Waals surface area contributed by atoms with E-state index in [9.17, 15) is 0 Å². The second-order valence-corrected chi connectivity index (χ2v) is 6.17. The van der Waals surface area contributed by atoms with Gasteiger partial charge < -0.3 is 10.5 Å². The van der Waals surface area contributed by atoms with E-state index >= 15 is 0 Å². The van der Waals surface area contributed by atoms with Gasteiger partial charge in [0.05, 0.1) is 11.6 Å². The van der Waals surface area contributed by atoms with Gasteiger partial charge in [0.1, 0.15) is 5.82 Å². The molecule has 4 heteroatoms. The van der Waals surface area contributed by atoms with Crippen molar-refractivity contribution in [3.63, 3.8) is 0 Å². The minimum Gasteiger partial charge on any atom is -0.383 e. The Kier molecular flexibility index (Phi) is 3.62. The topological polar surface area (TPSA) is 48.1 Å². The lowest BCUT2D eigenvalue weighted by Crippen LogP contribution is -2.13. The Bertz CT molecular complexity index is 587. The molecule has 0 spiro atoms. The molecule has 2 N–H and O–H groups in total. The molecular formula is C15H18N2OS. The van der Waals surface area contributed by atoms with Gasteiger partial charge in [-0.1, -0.05) is 18.2 Å². The van der Waals surface area contributed by atoms with Gasteiger partial charge in [0.25, 0.3) is 0 Å². The highest BCUT2D eigenvalue weighted by Gasteiger charge is 2.24. The number of hydrogen-bond donors (Lipinski definition) is 1. The van der Waals surface area contributed by atoms with Crippen LogP contribution < -0.4 is 5.73 Å². The van der Waals surface area contributed by atoms with Crippen LogP contribution in [-0.4, -0.2) is 22.9 Å². The van der Waals surface area contributed by atoms with Crippen molar-refractivity contribution in [2.24, 2.45) is 0 Å². The van der Waals surface area contributed by atoms with Crippen LogP contribution in [0.25, 0.3) is 10.9 Å². The lowest BCUT2D eigenvalue weighted by molar-refractivity contribution is 0.127. The highest BCUT2D eigenvalue weighted by molar-refractivity contribution is 7.99. The average molecular weight is 274 g/mol. The molecule has 1 aliphatic rings. The largest absolute Gasteiger partial charge is 0.383 e. The molecule has 0 bridgehead atoms. The average Bonchev–Trinajstić information content (AvgIpc) is 2.82. The zero-order valence-corrected chi connectivity index (χ0v) is 11.8. The van der Waals surface area contributed by atoms with Crippen molar-refractivity contribution in [3.05, 3.63) is 35.9 Å². The van der Waals surface area contributed by atoms with Gasteiger partial charge in [0, 0.05) is 28.6 Å². The first kappa shape index (κ1) is 12.8. The molecule has 0 amide bonds. The Labute approximate surface area is 117 Å². The number of aromatic nitrogens is 1. The van der Waals surface area contributed by atoms with E-state index in [-0.39, 0.29) is 0 Å². The number of nitrogens with zero attached hydrogens (tertiary/aromatic N) is 1. The molecule has 2 atom stereocenters. The molecule has 100 valence electrons. The Hall–Kier alpha value is -1.26. The standard InChI is InChI=1S/C15H18N2OS/c1-10-14(6-7-18-10)19-9-12-8-11-4-2-3-5-13(11)17-15(12)16/h2-5,8,10,14H,6-7,9H2,1H3,(H2,16,17). The van der Waals surface area contributed by atoms with Gasteiger partial charge >= 0.3 is 0 Å². The first-order valence-corrected chi connectivity index (χ1v) is 7.66. The van der Waals surface area contributed by atoms with Crippen LogP contribution in [-0.2, 0) is 10.5 Å². The van der Waals surface area contributed by atoms with Crippen LogP contribution in [0.2, 0.25) is 0 Å². The van der Waals surface area contributed by atoms with E-state index in [4.69, 9.17) is 10.5 Å². The van der Waals surface area contributed by atoms with Crippen molar-refractivity contribution in [1.29, 1.82) is 0 Å². The molecule has 1 aromatic heterocycles. The molecule has 2 unspecified atom stereocenters. The normalized spacial score (nSPS) is 23.0. The summed E-state index contributed by atoms with van der Waals surface area (Å²) in [5.74, 6) is 1.56. The summed E-state index contributed by atoms with van der Waals surface area (Å²) < 4.78 is 5.59. The van der Waals surface area contributed by atoms with Crippen LogP contribution in [0.3, 0.4) is 0 Å². The van der Waals surface area contributed by atoms with E-state index < -0.39 is 0 Å². The van der Waals surface area contributed by atoms with E-state index in [0.717, 1.165) is 35.2 Å². The predicted octanol–water partition coefficient (Wildman–Crippen LogP) is 3.23. The summed E-state index contributed by atoms with van der Waals surface area (Å²) in [5.41, 5.74) is 8.14. The minimum atomic E-state index is 0.347. The van der Waals surface area contributed by atoms with Crippen LogP contribution in [0.1, 0.15) is 18.9 Å². The van der Waals surface area contributed by atoms with Gasteiger partial charge in [-0.25, -0.2) is 4.98 Å². The SMILES string of the molecule is CC1OCCC1SCc1cc2ccccc2nc1N. The van der Waals surface area contributed by atoms with E-state index in [1.54, 1.807) is 0 Å². The predicted molar refractivity (Wildman–Crippen MR) is 81.3 cm³/mol. The number of anilines is 1. The van der Waals surface area contributed by atoms with E-state index in [1.807, 2.05) is 30.0 Å². The Morgan fingerprint density at radius 3 is 3.05 bits per heavy atom. The number of thioether (sulfide) groups is 1. The second kappa shape index (κ2) is 5.39. The summed E-state index contributed by atoms with van der Waals surface area (Å²) in [7, 11) is 0. The summed E-state index contributed by atoms with van der Waals surface area (Å²) in [6.45, 7) is 3.02. The molecule has 1 fully saturated rings. The summed E-state index contributed by atoms with van der Waals surface area (Å²) in [5, 5.41) is 1.73. The van der Waals surface area contributed by atoms with Crippen molar-refractivity contribution in [1.82, 2.24) is 4.98 Å². The maximum atomic E-state index is 6.05. The second-order valence-electron chi connectivity index (χ2n) is 4.94. The zero-order valence-electron chi connectivity index (χ0n) is 11.0. The molecule has 3 nitrogen and oxygen atoms in total. The maximum Gasteiger partial charge on any atom is 0.128 e. The molecule has 3 rings (SSSR count). The van der Waals surface area contributed by atoms with Crippen LogP contribution >= 0.6 is 11.8 Å². The van der Waals surface area contributed by atoms with Crippen molar-refractivity contribution in [2.45, 2.75) is 30.5 Å². The van der Waals surface area contributed by atoms with Gasteiger partial charge in [0.15, 0.2) is 0 Å². The molecule has 0 saturated carbocycles. The van der Waals surface area contributed by atoms with Crippen LogP contribution in [0.15, 0.2) is 30.3 Å². The number of rotatable bonds is 3. The fourth-order valence-corrected chi connectivity index (χ4v) is 3.66. The van der Waals surface area contributed by atoms with Gasteiger partial charge in [-0.15, -0.1) is 0 Å². The van der Waals surface area contributed by atoms with E-state index in [1.165, 1.54) is 0 Å². The summed E-state index contributed by atoms with van der Waals surface area (Å²) >= 11 is 1.92. The third kappa shape index (κ3) is 2.69. The van der Waals surface area contributed by atoms with Crippen molar-refractivity contribution in [3.8, 4) is 0 Å². The fourth-order valence-electron chi connectivity index (χ4n) is 2.42. The van der Waals surface area contributed by atoms with Gasteiger partial charge in [-0.2, -0.15) is 11.8 Å². The Morgan fingerprint density at radius 1 is 1.42 bits per heavy atom. The Balaban J connectivity index is 1.78. The molecule has 19 heavy (non-hydrogen) atoms. The first-order valence-electron chi connectivity index (χ1n) is 6.61. The molecule has 1 saturated heterocycles. The zero-order chi connectivity index (χ0) is 13.2. The number of pyridine rings is 1. The number of nitrogens with two attached hydrogens (primary N) is 1. The maximum absolute atomic E-state index is 6.05. The number of hydrogen-bond acceptors (Lipinski definition) is 4. The van der Waals surface area contributed by atoms with Gasteiger partial charge in [-0.3, -0.25) is 0 Å². The molecule has 2 heterocycles. The third-order valence-corrected chi connectivity index (χ3v) is 5.12. The van der Waals surface area contributed by atoms with Crippen LogP contribution in [0.4, 0.5) is 5.82 Å². The number of ether oxygens (including phenoxy) is 1. The lowest BCUT2D eigenvalue weighted by atomic mass is 10.1. The van der Waals surface area contributed by atoms with Crippen molar-refractivity contribution in [2.75, 3.05) is 12.3 Å². The van der Waals surface area contributed by atoms with E-state index in [0.29, 0.717) is 17.2 Å². The third-order valence-electron chi connectivity index (χ3n) is 3.60. The number of para-hydroxylation sites is 1. The lowest BCUT2D eigenvalue weighted by Gasteiger charge is -2.14. The number of fused-ring (bicyclic) bond motifs is 1. The first-order chi connectivity index (χ1) is 9.24. The van der Waals surface area contributed by atoms with Crippen molar-refractivity contribution < 1.29 is 4.74 Å². The summed E-state index contributed by atoms with van der Waals surface area (Å²) in [6.07, 6.45) is 1.48. The Morgan fingerprint density at radius 2 is 2.26 bits per heavy atom. The highest BCUT2D eigenvalue weighted by atomic mass is 32.2. The molecule has 0 radical (unpaired) electrons. The number of nitrogen functional groups attached to an aromatic ring is 1. The smallest absolute Gasteiger partial charge is 0.128 e. The molecule has 1 aliphatic heterocycles. The molecule has 0 aliphatic carbocycles. The molecular weight excluding hydrogens is 256 g/mol. The monoisotopic (exact) mass is 274 g/mol. The minimum absolute atomic E-state index is 0.347. The van der Waals surface area contributed by atoms with Gasteiger partial charge in [0.2, 0.25) is 0 Å². The van der Waals surface area contributed by atoms with Crippen LogP contribution in [0.5, 0.6) is 0 Å². The fraction of sp³-hybridized carbons (Fsp3) is 0.400. The quantitative estimate of drug-likeness (QED) is 0.933. The van der Waals surface area contributed by atoms with E-state index in [2.05, 4.69) is 24.0 Å². The summed E-state index contributed by atoms with van der Waals surface area (Å²) in [6, 6.07) is 10.3. The molecule has 2 aromatic rings. The summed E-state index contributed by atoms with van der Waals surface area (Å²) in [4.78, 5) is 4.47. The van der Waals surface area contributed by atoms with Crippen molar-refractivity contribution >= 4 is 28.5 Å². The highest BCUT2D eigenvalue weighted by Crippen LogP contribution is 2.31. The van der Waals surface area contributed by atoms with Crippen LogP contribution in [0, 0.1) is 0 Å². The molecule has 1 aromatic carbocycles.